The predicted molar refractivity (Wildman–Crippen MR) is 71.6 cm³/mol. The van der Waals surface area contributed by atoms with Gasteiger partial charge in [-0.3, -0.25) is 4.79 Å². The van der Waals surface area contributed by atoms with Crippen LogP contribution in [0.15, 0.2) is 23.4 Å². The molecule has 0 heterocycles. The smallest absolute Gasteiger partial charge is 0.224 e. The van der Waals surface area contributed by atoms with Crippen LogP contribution in [-0.4, -0.2) is 17.0 Å². The van der Waals surface area contributed by atoms with E-state index in [0.717, 1.165) is 12.5 Å². The summed E-state index contributed by atoms with van der Waals surface area (Å²) in [6.45, 7) is 4.03. The summed E-state index contributed by atoms with van der Waals surface area (Å²) < 4.78 is 13.7. The van der Waals surface area contributed by atoms with Gasteiger partial charge in [-0.2, -0.15) is 0 Å². The van der Waals surface area contributed by atoms with E-state index in [-0.39, 0.29) is 23.0 Å². The van der Waals surface area contributed by atoms with E-state index in [1.165, 1.54) is 12.1 Å². The SMILES string of the molecule is CC(C)CCC(=O)Nc1ccc(/C(N)=N/O)cc1F. The molecule has 0 saturated carbocycles. The predicted octanol–water partition coefficient (Wildman–Crippen LogP) is 2.29. The molecule has 19 heavy (non-hydrogen) atoms. The van der Waals surface area contributed by atoms with Gasteiger partial charge in [0.25, 0.3) is 0 Å². The number of amides is 1. The van der Waals surface area contributed by atoms with Crippen LogP contribution in [0.25, 0.3) is 0 Å². The van der Waals surface area contributed by atoms with Crippen LogP contribution in [0.5, 0.6) is 0 Å². The van der Waals surface area contributed by atoms with E-state index in [0.29, 0.717) is 12.3 Å². The van der Waals surface area contributed by atoms with Crippen molar-refractivity contribution in [3.8, 4) is 0 Å². The number of nitrogens with one attached hydrogen (secondary N) is 1. The number of rotatable bonds is 5. The van der Waals surface area contributed by atoms with E-state index in [2.05, 4.69) is 10.5 Å². The van der Waals surface area contributed by atoms with E-state index < -0.39 is 5.82 Å². The highest BCUT2D eigenvalue weighted by Gasteiger charge is 2.10. The summed E-state index contributed by atoms with van der Waals surface area (Å²) in [4.78, 5) is 11.6. The van der Waals surface area contributed by atoms with Gasteiger partial charge in [-0.25, -0.2) is 4.39 Å². The quantitative estimate of drug-likeness (QED) is 0.331. The summed E-state index contributed by atoms with van der Waals surface area (Å²) in [5, 5.41) is 13.8. The molecule has 1 aromatic rings. The number of nitrogens with zero attached hydrogens (tertiary/aromatic N) is 1. The molecule has 1 aromatic carbocycles. The zero-order valence-corrected chi connectivity index (χ0v) is 11.0. The molecule has 0 aliphatic heterocycles. The van der Waals surface area contributed by atoms with Gasteiger partial charge < -0.3 is 16.3 Å². The minimum atomic E-state index is -0.623. The molecule has 0 aliphatic carbocycles. The topological polar surface area (TPSA) is 87.7 Å². The third kappa shape index (κ3) is 4.57. The summed E-state index contributed by atoms with van der Waals surface area (Å²) in [6, 6.07) is 3.96. The van der Waals surface area contributed by atoms with Gasteiger partial charge in [0.15, 0.2) is 5.84 Å². The molecular formula is C13H18FN3O2. The van der Waals surface area contributed by atoms with Gasteiger partial charge in [-0.15, -0.1) is 0 Å². The van der Waals surface area contributed by atoms with Crippen molar-refractivity contribution in [3.05, 3.63) is 29.6 Å². The molecule has 6 heteroatoms. The average Bonchev–Trinajstić information content (AvgIpc) is 2.37. The van der Waals surface area contributed by atoms with Crippen LogP contribution >= 0.6 is 0 Å². The summed E-state index contributed by atoms with van der Waals surface area (Å²) in [5.41, 5.74) is 5.68. The Morgan fingerprint density at radius 3 is 2.74 bits per heavy atom. The van der Waals surface area contributed by atoms with Crippen LogP contribution in [0.2, 0.25) is 0 Å². The van der Waals surface area contributed by atoms with E-state index >= 15 is 0 Å². The number of hydrogen-bond donors (Lipinski definition) is 3. The fourth-order valence-corrected chi connectivity index (χ4v) is 1.47. The number of hydrogen-bond acceptors (Lipinski definition) is 3. The Morgan fingerprint density at radius 1 is 1.53 bits per heavy atom. The van der Waals surface area contributed by atoms with Crippen molar-refractivity contribution >= 4 is 17.4 Å². The molecule has 0 saturated heterocycles. The number of amidine groups is 1. The Labute approximate surface area is 111 Å². The summed E-state index contributed by atoms with van der Waals surface area (Å²) in [7, 11) is 0. The zero-order valence-electron chi connectivity index (χ0n) is 11.0. The first-order valence-corrected chi connectivity index (χ1v) is 6.01. The van der Waals surface area contributed by atoms with E-state index in [1.54, 1.807) is 0 Å². The molecule has 5 nitrogen and oxygen atoms in total. The lowest BCUT2D eigenvalue weighted by Gasteiger charge is -2.08. The molecule has 0 fully saturated rings. The van der Waals surface area contributed by atoms with Gasteiger partial charge >= 0.3 is 0 Å². The standard InChI is InChI=1S/C13H18FN3O2/c1-8(2)3-6-12(18)16-11-5-4-9(7-10(11)14)13(15)17-19/h4-5,7-8,19H,3,6H2,1-2H3,(H2,15,17)(H,16,18). The third-order valence-corrected chi connectivity index (χ3v) is 2.60. The van der Waals surface area contributed by atoms with Gasteiger partial charge in [-0.05, 0) is 30.5 Å². The van der Waals surface area contributed by atoms with Crippen molar-refractivity contribution < 1.29 is 14.4 Å². The number of carbonyl (C=O) groups excluding carboxylic acids is 1. The molecule has 1 rings (SSSR count). The molecule has 4 N–H and O–H groups in total. The molecule has 0 spiro atoms. The Balaban J connectivity index is 2.72. The number of benzene rings is 1. The van der Waals surface area contributed by atoms with Gasteiger partial charge in [0.2, 0.25) is 5.91 Å². The fourth-order valence-electron chi connectivity index (χ4n) is 1.47. The van der Waals surface area contributed by atoms with Gasteiger partial charge in [0.05, 0.1) is 5.69 Å². The monoisotopic (exact) mass is 267 g/mol. The lowest BCUT2D eigenvalue weighted by Crippen LogP contribution is -2.16. The number of carbonyl (C=O) groups is 1. The van der Waals surface area contributed by atoms with Crippen LogP contribution in [0, 0.1) is 11.7 Å². The number of nitrogens with two attached hydrogens (primary N) is 1. The second kappa shape index (κ2) is 6.72. The fraction of sp³-hybridized carbons (Fsp3) is 0.385. The van der Waals surface area contributed by atoms with Crippen molar-refractivity contribution in [2.24, 2.45) is 16.8 Å². The molecule has 1 amide bonds. The van der Waals surface area contributed by atoms with Crippen LogP contribution < -0.4 is 11.1 Å². The lowest BCUT2D eigenvalue weighted by atomic mass is 10.1. The second-order valence-electron chi connectivity index (χ2n) is 4.66. The maximum Gasteiger partial charge on any atom is 0.224 e. The van der Waals surface area contributed by atoms with Crippen LogP contribution in [0.1, 0.15) is 32.3 Å². The van der Waals surface area contributed by atoms with Crippen LogP contribution in [0.4, 0.5) is 10.1 Å². The van der Waals surface area contributed by atoms with E-state index in [4.69, 9.17) is 10.9 Å². The Hall–Kier alpha value is -2.11. The third-order valence-electron chi connectivity index (χ3n) is 2.60. The average molecular weight is 267 g/mol. The van der Waals surface area contributed by atoms with Gasteiger partial charge in [-0.1, -0.05) is 19.0 Å². The first-order chi connectivity index (χ1) is 8.93. The molecule has 104 valence electrons. The van der Waals surface area contributed by atoms with Crippen molar-refractivity contribution in [2.75, 3.05) is 5.32 Å². The maximum absolute atomic E-state index is 13.7. The Kier molecular flexibility index (Phi) is 5.29. The molecule has 0 radical (unpaired) electrons. The van der Waals surface area contributed by atoms with Crippen LogP contribution in [0.3, 0.4) is 0 Å². The Morgan fingerprint density at radius 2 is 2.21 bits per heavy atom. The number of oxime groups is 1. The van der Waals surface area contributed by atoms with Crippen molar-refractivity contribution in [1.29, 1.82) is 0 Å². The summed E-state index contributed by atoms with van der Waals surface area (Å²) in [5.74, 6) is -0.624. The first-order valence-electron chi connectivity index (χ1n) is 6.01. The molecule has 0 aliphatic rings. The van der Waals surface area contributed by atoms with Crippen molar-refractivity contribution in [2.45, 2.75) is 26.7 Å². The Bertz CT molecular complexity index is 487. The highest BCUT2D eigenvalue weighted by atomic mass is 19.1. The van der Waals surface area contributed by atoms with Crippen molar-refractivity contribution in [1.82, 2.24) is 0 Å². The van der Waals surface area contributed by atoms with Gasteiger partial charge in [0, 0.05) is 12.0 Å². The first kappa shape index (κ1) is 14.9. The lowest BCUT2D eigenvalue weighted by molar-refractivity contribution is -0.116. The highest BCUT2D eigenvalue weighted by Crippen LogP contribution is 2.16. The van der Waals surface area contributed by atoms with E-state index in [9.17, 15) is 9.18 Å². The van der Waals surface area contributed by atoms with E-state index in [1.807, 2.05) is 13.8 Å². The van der Waals surface area contributed by atoms with Crippen LogP contribution in [-0.2, 0) is 4.79 Å². The van der Waals surface area contributed by atoms with Crippen molar-refractivity contribution in [3.63, 3.8) is 0 Å². The zero-order chi connectivity index (χ0) is 14.4. The highest BCUT2D eigenvalue weighted by molar-refractivity contribution is 5.98. The molecular weight excluding hydrogens is 249 g/mol. The minimum Gasteiger partial charge on any atom is -0.409 e. The largest absolute Gasteiger partial charge is 0.409 e. The molecule has 0 unspecified atom stereocenters. The number of anilines is 1. The second-order valence-corrected chi connectivity index (χ2v) is 4.66. The molecule has 0 bridgehead atoms. The minimum absolute atomic E-state index is 0.0863. The normalized spacial score (nSPS) is 11.7. The molecule has 0 atom stereocenters. The molecule has 0 aromatic heterocycles. The number of halogens is 1. The van der Waals surface area contributed by atoms with Gasteiger partial charge in [0.1, 0.15) is 5.82 Å². The maximum atomic E-state index is 13.7. The summed E-state index contributed by atoms with van der Waals surface area (Å²) in [6.07, 6.45) is 1.09. The summed E-state index contributed by atoms with van der Waals surface area (Å²) >= 11 is 0.